The summed E-state index contributed by atoms with van der Waals surface area (Å²) >= 11 is 3.57. The van der Waals surface area contributed by atoms with E-state index in [9.17, 15) is 0 Å². The molecule has 0 aromatic heterocycles. The lowest BCUT2D eigenvalue weighted by Crippen LogP contribution is -2.40. The summed E-state index contributed by atoms with van der Waals surface area (Å²) in [7, 11) is 1.75. The van der Waals surface area contributed by atoms with Gasteiger partial charge in [0.25, 0.3) is 0 Å². The molecule has 0 spiro atoms. The Kier molecular flexibility index (Phi) is 6.52. The molecule has 1 atom stereocenters. The molecule has 2 rings (SSSR count). The number of nitrogens with zero attached hydrogens (tertiary/aromatic N) is 1. The maximum absolute atomic E-state index is 5.51. The molecule has 1 unspecified atom stereocenters. The molecule has 1 saturated heterocycles. The summed E-state index contributed by atoms with van der Waals surface area (Å²) in [6.07, 6.45) is 2.64. The summed E-state index contributed by atoms with van der Waals surface area (Å²) in [5.41, 5.74) is 1.25. The fraction of sp³-hybridized carbons (Fsp3) is 0.647. The molecular formula is C17H27BrN2O. The number of methoxy groups -OCH3 is 1. The monoisotopic (exact) mass is 354 g/mol. The minimum Gasteiger partial charge on any atom is -0.496 e. The molecule has 0 aliphatic carbocycles. The molecule has 1 aliphatic heterocycles. The van der Waals surface area contributed by atoms with Gasteiger partial charge in [-0.25, -0.2) is 0 Å². The van der Waals surface area contributed by atoms with Crippen LogP contribution in [0.25, 0.3) is 0 Å². The first-order valence-electron chi connectivity index (χ1n) is 7.87. The summed E-state index contributed by atoms with van der Waals surface area (Å²) in [6.45, 7) is 8.98. The first kappa shape index (κ1) is 16.8. The van der Waals surface area contributed by atoms with Crippen LogP contribution in [-0.2, 0) is 6.54 Å². The van der Waals surface area contributed by atoms with E-state index in [1.165, 1.54) is 24.9 Å². The lowest BCUT2D eigenvalue weighted by atomic mass is 9.98. The molecule has 1 N–H and O–H groups in total. The maximum atomic E-state index is 5.51. The van der Waals surface area contributed by atoms with Crippen molar-refractivity contribution in [2.75, 3.05) is 26.7 Å². The lowest BCUT2D eigenvalue weighted by molar-refractivity contribution is 0.162. The van der Waals surface area contributed by atoms with E-state index < -0.39 is 0 Å². The predicted molar refractivity (Wildman–Crippen MR) is 91.8 cm³/mol. The van der Waals surface area contributed by atoms with Gasteiger partial charge in [0.1, 0.15) is 5.75 Å². The highest BCUT2D eigenvalue weighted by molar-refractivity contribution is 9.10. The van der Waals surface area contributed by atoms with E-state index in [1.54, 1.807) is 7.11 Å². The highest BCUT2D eigenvalue weighted by Gasteiger charge is 2.20. The molecule has 1 heterocycles. The molecule has 3 nitrogen and oxygen atoms in total. The summed E-state index contributed by atoms with van der Waals surface area (Å²) < 4.78 is 6.62. The number of nitrogens with one attached hydrogen (secondary N) is 1. The summed E-state index contributed by atoms with van der Waals surface area (Å²) in [4.78, 5) is 2.56. The SMILES string of the molecule is COc1ccc(Br)cc1CN(CC1CCCNC1)C(C)C. The van der Waals surface area contributed by atoms with Gasteiger partial charge in [-0.2, -0.15) is 0 Å². The third-order valence-electron chi connectivity index (χ3n) is 4.24. The van der Waals surface area contributed by atoms with Crippen LogP contribution < -0.4 is 10.1 Å². The van der Waals surface area contributed by atoms with Crippen LogP contribution in [-0.4, -0.2) is 37.7 Å². The molecule has 1 fully saturated rings. The summed E-state index contributed by atoms with van der Waals surface area (Å²) in [5.74, 6) is 1.74. The predicted octanol–water partition coefficient (Wildman–Crippen LogP) is 3.67. The molecule has 1 aromatic carbocycles. The topological polar surface area (TPSA) is 24.5 Å². The van der Waals surface area contributed by atoms with Crippen molar-refractivity contribution in [3.63, 3.8) is 0 Å². The second-order valence-corrected chi connectivity index (χ2v) is 7.11. The first-order valence-corrected chi connectivity index (χ1v) is 8.66. The number of halogens is 1. The third kappa shape index (κ3) is 4.97. The van der Waals surface area contributed by atoms with Gasteiger partial charge in [0.15, 0.2) is 0 Å². The van der Waals surface area contributed by atoms with Crippen LogP contribution in [0, 0.1) is 5.92 Å². The van der Waals surface area contributed by atoms with Crippen LogP contribution in [0.3, 0.4) is 0 Å². The Hall–Kier alpha value is -0.580. The zero-order valence-corrected chi connectivity index (χ0v) is 14.9. The van der Waals surface area contributed by atoms with Gasteiger partial charge in [-0.15, -0.1) is 0 Å². The average Bonchev–Trinajstić information content (AvgIpc) is 2.48. The van der Waals surface area contributed by atoms with E-state index >= 15 is 0 Å². The normalized spacial score (nSPS) is 19.2. The van der Waals surface area contributed by atoms with Crippen LogP contribution in [0.5, 0.6) is 5.75 Å². The molecule has 118 valence electrons. The zero-order chi connectivity index (χ0) is 15.2. The van der Waals surface area contributed by atoms with Crippen molar-refractivity contribution in [3.8, 4) is 5.75 Å². The number of benzene rings is 1. The highest BCUT2D eigenvalue weighted by atomic mass is 79.9. The van der Waals surface area contributed by atoms with Gasteiger partial charge in [0.2, 0.25) is 0 Å². The number of piperidine rings is 1. The summed E-state index contributed by atoms with van der Waals surface area (Å²) in [5, 5.41) is 3.52. The standard InChI is InChI=1S/C17H27BrN2O/c1-13(2)20(11-14-5-4-8-19-10-14)12-15-9-16(18)6-7-17(15)21-3/h6-7,9,13-14,19H,4-5,8,10-12H2,1-3H3. The van der Waals surface area contributed by atoms with Crippen molar-refractivity contribution in [2.24, 2.45) is 5.92 Å². The van der Waals surface area contributed by atoms with Crippen LogP contribution in [0.15, 0.2) is 22.7 Å². The summed E-state index contributed by atoms with van der Waals surface area (Å²) in [6, 6.07) is 6.79. The Labute approximate surface area is 137 Å². The fourth-order valence-electron chi connectivity index (χ4n) is 2.96. The van der Waals surface area contributed by atoms with Gasteiger partial charge in [-0.1, -0.05) is 15.9 Å². The third-order valence-corrected chi connectivity index (χ3v) is 4.73. The first-order chi connectivity index (χ1) is 10.1. The van der Waals surface area contributed by atoms with Crippen LogP contribution in [0.2, 0.25) is 0 Å². The molecule has 0 radical (unpaired) electrons. The highest BCUT2D eigenvalue weighted by Crippen LogP contribution is 2.26. The van der Waals surface area contributed by atoms with Crippen molar-refractivity contribution < 1.29 is 4.74 Å². The minimum absolute atomic E-state index is 0.538. The Morgan fingerprint density at radius 3 is 2.86 bits per heavy atom. The van der Waals surface area contributed by atoms with E-state index in [0.717, 1.165) is 35.8 Å². The Balaban J connectivity index is 2.06. The van der Waals surface area contributed by atoms with Crippen molar-refractivity contribution in [1.29, 1.82) is 0 Å². The maximum Gasteiger partial charge on any atom is 0.123 e. The van der Waals surface area contributed by atoms with Gasteiger partial charge in [0, 0.05) is 29.2 Å². The number of rotatable bonds is 6. The molecule has 1 aliphatic rings. The zero-order valence-electron chi connectivity index (χ0n) is 13.4. The van der Waals surface area contributed by atoms with Gasteiger partial charge < -0.3 is 10.1 Å². The molecule has 0 bridgehead atoms. The molecule has 21 heavy (non-hydrogen) atoms. The van der Waals surface area contributed by atoms with E-state index in [-0.39, 0.29) is 0 Å². The van der Waals surface area contributed by atoms with Crippen molar-refractivity contribution in [3.05, 3.63) is 28.2 Å². The van der Waals surface area contributed by atoms with Gasteiger partial charge in [-0.3, -0.25) is 4.90 Å². The molecule has 0 saturated carbocycles. The fourth-order valence-corrected chi connectivity index (χ4v) is 3.37. The lowest BCUT2D eigenvalue weighted by Gasteiger charge is -2.33. The largest absolute Gasteiger partial charge is 0.496 e. The van der Waals surface area contributed by atoms with E-state index in [0.29, 0.717) is 6.04 Å². The van der Waals surface area contributed by atoms with E-state index in [4.69, 9.17) is 4.74 Å². The number of ether oxygens (including phenoxy) is 1. The molecule has 1 aromatic rings. The Morgan fingerprint density at radius 2 is 2.24 bits per heavy atom. The van der Waals surface area contributed by atoms with Crippen molar-refractivity contribution >= 4 is 15.9 Å². The number of hydrogen-bond donors (Lipinski definition) is 1. The second-order valence-electron chi connectivity index (χ2n) is 6.19. The quantitative estimate of drug-likeness (QED) is 0.843. The van der Waals surface area contributed by atoms with E-state index in [2.05, 4.69) is 46.1 Å². The average molecular weight is 355 g/mol. The Bertz CT molecular complexity index is 444. The second kappa shape index (κ2) is 8.16. The van der Waals surface area contributed by atoms with Crippen LogP contribution in [0.4, 0.5) is 0 Å². The van der Waals surface area contributed by atoms with Gasteiger partial charge in [0.05, 0.1) is 7.11 Å². The van der Waals surface area contributed by atoms with Gasteiger partial charge >= 0.3 is 0 Å². The van der Waals surface area contributed by atoms with Crippen molar-refractivity contribution in [2.45, 2.75) is 39.3 Å². The van der Waals surface area contributed by atoms with Gasteiger partial charge in [-0.05, 0) is 63.9 Å². The minimum atomic E-state index is 0.538. The molecule has 4 heteroatoms. The van der Waals surface area contributed by atoms with E-state index in [1.807, 2.05) is 12.1 Å². The Morgan fingerprint density at radius 1 is 1.43 bits per heavy atom. The van der Waals surface area contributed by atoms with Crippen molar-refractivity contribution in [1.82, 2.24) is 10.2 Å². The molecular weight excluding hydrogens is 328 g/mol. The van der Waals surface area contributed by atoms with Crippen LogP contribution >= 0.6 is 15.9 Å². The number of hydrogen-bond acceptors (Lipinski definition) is 3. The smallest absolute Gasteiger partial charge is 0.123 e. The van der Waals surface area contributed by atoms with Crippen LogP contribution in [0.1, 0.15) is 32.3 Å². The molecule has 0 amide bonds.